The van der Waals surface area contributed by atoms with Gasteiger partial charge in [0.1, 0.15) is 11.8 Å². The maximum atomic E-state index is 13.4. The first-order valence-corrected chi connectivity index (χ1v) is 12.2. The third-order valence-electron chi connectivity index (χ3n) is 6.09. The number of rotatable bonds is 10. The van der Waals surface area contributed by atoms with E-state index in [-0.39, 0.29) is 30.7 Å². The number of nitrogens with one attached hydrogen (secondary N) is 2. The number of phenolic OH excluding ortho intramolecular Hbond substituents is 1. The van der Waals surface area contributed by atoms with Gasteiger partial charge in [0.2, 0.25) is 11.8 Å². The number of aromatic hydroxyl groups is 1. The molecule has 0 aliphatic rings. The highest BCUT2D eigenvalue weighted by molar-refractivity contribution is 5.86. The van der Waals surface area contributed by atoms with Crippen LogP contribution in [0.2, 0.25) is 0 Å². The number of carbonyl (C=O) groups is 3. The fraction of sp³-hybridized carbons (Fsp3) is 0.464. The minimum Gasteiger partial charge on any atom is -0.508 e. The van der Waals surface area contributed by atoms with Crippen LogP contribution in [0.5, 0.6) is 5.75 Å². The molecule has 0 aromatic heterocycles. The highest BCUT2D eigenvalue weighted by Gasteiger charge is 2.38. The van der Waals surface area contributed by atoms with Crippen LogP contribution in [-0.2, 0) is 22.4 Å². The van der Waals surface area contributed by atoms with Crippen LogP contribution in [0.1, 0.15) is 56.4 Å². The Hall–Kier alpha value is -3.55. The monoisotopic (exact) mass is 497 g/mol. The molecule has 4 N–H and O–H groups in total. The van der Waals surface area contributed by atoms with E-state index in [0.29, 0.717) is 12.8 Å². The van der Waals surface area contributed by atoms with Gasteiger partial charge in [0.15, 0.2) is 0 Å². The van der Waals surface area contributed by atoms with Crippen molar-refractivity contribution in [1.82, 2.24) is 15.5 Å². The number of amides is 3. The Morgan fingerprint density at radius 2 is 1.61 bits per heavy atom. The molecule has 0 saturated heterocycles. The van der Waals surface area contributed by atoms with Crippen LogP contribution in [0.4, 0.5) is 4.79 Å². The Labute approximate surface area is 213 Å². The van der Waals surface area contributed by atoms with Crippen molar-refractivity contribution in [2.75, 3.05) is 6.54 Å². The average Bonchev–Trinajstić information content (AvgIpc) is 2.77. The highest BCUT2D eigenvalue weighted by Crippen LogP contribution is 2.26. The molecule has 2 atom stereocenters. The minimum absolute atomic E-state index is 0.116. The molecule has 1 unspecified atom stereocenters. The molecule has 0 aliphatic heterocycles. The van der Waals surface area contributed by atoms with Crippen LogP contribution in [0.15, 0.2) is 42.5 Å². The molecule has 8 heteroatoms. The highest BCUT2D eigenvalue weighted by atomic mass is 16.4. The predicted octanol–water partition coefficient (Wildman–Crippen LogP) is 3.95. The van der Waals surface area contributed by atoms with Crippen molar-refractivity contribution in [3.63, 3.8) is 0 Å². The standard InChI is InChI=1S/C28H39N3O5/c1-18-14-22(32)15-19(2)23(18)16-24(31(27(35)36)28(4,5)6)26(34)29-17-20(3)30-25(33)13-12-21-10-8-7-9-11-21/h7-11,14-15,20,24,32H,12-13,16-17H2,1-6H3,(H,29,34)(H,30,33)(H,35,36)/t20?,24-/m0/s1. The second-order valence-electron chi connectivity index (χ2n) is 10.3. The van der Waals surface area contributed by atoms with Gasteiger partial charge in [0, 0.05) is 31.0 Å². The lowest BCUT2D eigenvalue weighted by molar-refractivity contribution is -0.128. The molecule has 2 aromatic rings. The summed E-state index contributed by atoms with van der Waals surface area (Å²) in [6.45, 7) is 10.8. The van der Waals surface area contributed by atoms with Gasteiger partial charge in [-0.1, -0.05) is 30.3 Å². The summed E-state index contributed by atoms with van der Waals surface area (Å²) in [4.78, 5) is 39.1. The zero-order valence-corrected chi connectivity index (χ0v) is 22.1. The molecule has 0 spiro atoms. The molecule has 2 rings (SSSR count). The van der Waals surface area contributed by atoms with Crippen molar-refractivity contribution < 1.29 is 24.6 Å². The normalized spacial score (nSPS) is 12.9. The number of aryl methyl sites for hydroxylation is 3. The molecule has 36 heavy (non-hydrogen) atoms. The number of phenols is 1. The summed E-state index contributed by atoms with van der Waals surface area (Å²) in [6, 6.07) is 11.6. The number of hydrogen-bond acceptors (Lipinski definition) is 4. The zero-order chi connectivity index (χ0) is 27.0. The lowest BCUT2D eigenvalue weighted by Crippen LogP contribution is -2.58. The summed E-state index contributed by atoms with van der Waals surface area (Å²) in [5.41, 5.74) is 2.62. The molecule has 0 aliphatic carbocycles. The number of benzene rings is 2. The van der Waals surface area contributed by atoms with Gasteiger partial charge in [-0.3, -0.25) is 14.5 Å². The van der Waals surface area contributed by atoms with E-state index in [0.717, 1.165) is 27.2 Å². The van der Waals surface area contributed by atoms with Gasteiger partial charge in [-0.05, 0) is 82.3 Å². The first-order chi connectivity index (χ1) is 16.8. The smallest absolute Gasteiger partial charge is 0.408 e. The van der Waals surface area contributed by atoms with Crippen LogP contribution in [0, 0.1) is 13.8 Å². The molecule has 196 valence electrons. The van der Waals surface area contributed by atoms with Crippen molar-refractivity contribution in [3.05, 3.63) is 64.7 Å². The topological polar surface area (TPSA) is 119 Å². The van der Waals surface area contributed by atoms with E-state index < -0.39 is 23.6 Å². The van der Waals surface area contributed by atoms with Crippen LogP contribution in [-0.4, -0.2) is 57.2 Å². The summed E-state index contributed by atoms with van der Waals surface area (Å²) < 4.78 is 0. The Bertz CT molecular complexity index is 1040. The van der Waals surface area contributed by atoms with Crippen molar-refractivity contribution in [1.29, 1.82) is 0 Å². The van der Waals surface area contributed by atoms with Gasteiger partial charge in [0.25, 0.3) is 0 Å². The van der Waals surface area contributed by atoms with E-state index in [1.165, 1.54) is 0 Å². The molecule has 0 fully saturated rings. The van der Waals surface area contributed by atoms with Crippen LogP contribution < -0.4 is 10.6 Å². The van der Waals surface area contributed by atoms with E-state index in [4.69, 9.17) is 0 Å². The predicted molar refractivity (Wildman–Crippen MR) is 140 cm³/mol. The first-order valence-electron chi connectivity index (χ1n) is 12.2. The third-order valence-corrected chi connectivity index (χ3v) is 6.09. The molecule has 0 radical (unpaired) electrons. The molecule has 8 nitrogen and oxygen atoms in total. The number of carbonyl (C=O) groups excluding carboxylic acids is 2. The quantitative estimate of drug-likeness (QED) is 0.396. The zero-order valence-electron chi connectivity index (χ0n) is 22.1. The first kappa shape index (κ1) is 28.7. The fourth-order valence-corrected chi connectivity index (χ4v) is 4.35. The lowest BCUT2D eigenvalue weighted by atomic mass is 9.92. The van der Waals surface area contributed by atoms with E-state index in [2.05, 4.69) is 10.6 Å². The van der Waals surface area contributed by atoms with E-state index in [9.17, 15) is 24.6 Å². The van der Waals surface area contributed by atoms with E-state index >= 15 is 0 Å². The second-order valence-corrected chi connectivity index (χ2v) is 10.3. The average molecular weight is 498 g/mol. The van der Waals surface area contributed by atoms with E-state index in [1.54, 1.807) is 39.8 Å². The van der Waals surface area contributed by atoms with Gasteiger partial charge < -0.3 is 20.8 Å². The molecule has 0 saturated carbocycles. The van der Waals surface area contributed by atoms with Crippen molar-refractivity contribution in [3.8, 4) is 5.75 Å². The molecule has 2 aromatic carbocycles. The SMILES string of the molecule is Cc1cc(O)cc(C)c1C[C@@H](C(=O)NCC(C)NC(=O)CCc1ccccc1)N(C(=O)O)C(C)(C)C. The van der Waals surface area contributed by atoms with Crippen molar-refractivity contribution in [2.45, 2.75) is 78.4 Å². The number of nitrogens with zero attached hydrogens (tertiary/aromatic N) is 1. The lowest BCUT2D eigenvalue weighted by Gasteiger charge is -2.39. The van der Waals surface area contributed by atoms with Crippen molar-refractivity contribution >= 4 is 17.9 Å². The van der Waals surface area contributed by atoms with Crippen LogP contribution in [0.3, 0.4) is 0 Å². The number of hydrogen-bond donors (Lipinski definition) is 4. The fourth-order valence-electron chi connectivity index (χ4n) is 4.35. The summed E-state index contributed by atoms with van der Waals surface area (Å²) in [6.07, 6.45) is -0.0797. The third kappa shape index (κ3) is 8.29. The molecular weight excluding hydrogens is 458 g/mol. The molecule has 0 heterocycles. The molecule has 3 amide bonds. The summed E-state index contributed by atoms with van der Waals surface area (Å²) in [5.74, 6) is -0.434. The van der Waals surface area contributed by atoms with Gasteiger partial charge in [-0.25, -0.2) is 4.79 Å². The second kappa shape index (κ2) is 12.4. The van der Waals surface area contributed by atoms with Gasteiger partial charge >= 0.3 is 6.09 Å². The maximum absolute atomic E-state index is 13.4. The Morgan fingerprint density at radius 3 is 2.14 bits per heavy atom. The number of carboxylic acid groups (broad SMARTS) is 1. The molecule has 0 bridgehead atoms. The van der Waals surface area contributed by atoms with Crippen LogP contribution >= 0.6 is 0 Å². The maximum Gasteiger partial charge on any atom is 0.408 e. The molecular formula is C28H39N3O5. The van der Waals surface area contributed by atoms with Gasteiger partial charge in [-0.2, -0.15) is 0 Å². The Balaban J connectivity index is 2.10. The Kier molecular flexibility index (Phi) is 9.90. The minimum atomic E-state index is -1.20. The van der Waals surface area contributed by atoms with Gasteiger partial charge in [0.05, 0.1) is 0 Å². The largest absolute Gasteiger partial charge is 0.508 e. The van der Waals surface area contributed by atoms with E-state index in [1.807, 2.05) is 44.2 Å². The van der Waals surface area contributed by atoms with Crippen molar-refractivity contribution in [2.24, 2.45) is 0 Å². The summed E-state index contributed by atoms with van der Waals surface area (Å²) in [7, 11) is 0. The summed E-state index contributed by atoms with van der Waals surface area (Å²) >= 11 is 0. The van der Waals surface area contributed by atoms with Crippen LogP contribution in [0.25, 0.3) is 0 Å². The Morgan fingerprint density at radius 1 is 1.03 bits per heavy atom. The van der Waals surface area contributed by atoms with Gasteiger partial charge in [-0.15, -0.1) is 0 Å². The summed E-state index contributed by atoms with van der Waals surface area (Å²) in [5, 5.41) is 25.6.